The summed E-state index contributed by atoms with van der Waals surface area (Å²) in [6.45, 7) is 0. The van der Waals surface area contributed by atoms with E-state index in [4.69, 9.17) is 0 Å². The van der Waals surface area contributed by atoms with E-state index in [0.717, 1.165) is 16.6 Å². The number of rotatable bonds is 5. The molecule has 2 heterocycles. The van der Waals surface area contributed by atoms with Crippen molar-refractivity contribution in [2.75, 3.05) is 10.6 Å². The highest BCUT2D eigenvalue weighted by Crippen LogP contribution is 2.24. The van der Waals surface area contributed by atoms with Gasteiger partial charge in [0.05, 0.1) is 11.6 Å². The van der Waals surface area contributed by atoms with Crippen LogP contribution >= 0.6 is 0 Å². The van der Waals surface area contributed by atoms with Crippen molar-refractivity contribution in [1.82, 2.24) is 20.2 Å². The van der Waals surface area contributed by atoms with Crippen LogP contribution < -0.4 is 10.6 Å². The van der Waals surface area contributed by atoms with Crippen molar-refractivity contribution >= 4 is 28.4 Å². The van der Waals surface area contributed by atoms with Gasteiger partial charge >= 0.3 is 0 Å². The molecule has 0 bridgehead atoms. The van der Waals surface area contributed by atoms with E-state index >= 15 is 0 Å². The first-order valence-corrected chi connectivity index (χ1v) is 8.13. The zero-order valence-electron chi connectivity index (χ0n) is 13.8. The van der Waals surface area contributed by atoms with Gasteiger partial charge in [-0.15, -0.1) is 0 Å². The molecule has 0 saturated carbocycles. The highest BCUT2D eigenvalue weighted by atomic mass is 16.2. The molecule has 0 aliphatic rings. The smallest absolute Gasteiger partial charge is 0.251 e. The molecular formula is C19H16N6O. The normalized spacial score (nSPS) is 11.8. The SMILES string of the molecule is O=C(Nc1ccccc1)[C@H](Nc1ncnc2[nH]ncc12)c1ccccc1. The number of hydrogen-bond acceptors (Lipinski definition) is 5. The number of nitrogens with one attached hydrogen (secondary N) is 3. The van der Waals surface area contributed by atoms with Gasteiger partial charge in [0, 0.05) is 5.69 Å². The minimum atomic E-state index is -0.621. The first kappa shape index (κ1) is 15.8. The van der Waals surface area contributed by atoms with Gasteiger partial charge < -0.3 is 10.6 Å². The first-order valence-electron chi connectivity index (χ1n) is 8.13. The van der Waals surface area contributed by atoms with Crippen LogP contribution in [0.1, 0.15) is 11.6 Å². The van der Waals surface area contributed by atoms with E-state index in [-0.39, 0.29) is 5.91 Å². The lowest BCUT2D eigenvalue weighted by Gasteiger charge is -2.19. The highest BCUT2D eigenvalue weighted by molar-refractivity contribution is 5.98. The van der Waals surface area contributed by atoms with Crippen LogP contribution in [0, 0.1) is 0 Å². The third-order valence-electron chi connectivity index (χ3n) is 3.97. The monoisotopic (exact) mass is 344 g/mol. The third kappa shape index (κ3) is 3.23. The summed E-state index contributed by atoms with van der Waals surface area (Å²) >= 11 is 0. The molecule has 26 heavy (non-hydrogen) atoms. The molecule has 0 aliphatic carbocycles. The molecule has 4 rings (SSSR count). The molecule has 2 aromatic carbocycles. The average molecular weight is 344 g/mol. The van der Waals surface area contributed by atoms with Crippen LogP contribution in [0.4, 0.5) is 11.5 Å². The predicted octanol–water partition coefficient (Wildman–Crippen LogP) is 3.14. The lowest BCUT2D eigenvalue weighted by Crippen LogP contribution is -2.27. The Kier molecular flexibility index (Phi) is 4.26. The van der Waals surface area contributed by atoms with Crippen LogP contribution in [0.5, 0.6) is 0 Å². The molecule has 1 atom stereocenters. The second kappa shape index (κ2) is 7.02. The summed E-state index contributed by atoms with van der Waals surface area (Å²) < 4.78 is 0. The van der Waals surface area contributed by atoms with E-state index < -0.39 is 6.04 Å². The van der Waals surface area contributed by atoms with Gasteiger partial charge in [-0.1, -0.05) is 48.5 Å². The lowest BCUT2D eigenvalue weighted by molar-refractivity contribution is -0.117. The van der Waals surface area contributed by atoms with Gasteiger partial charge in [0.15, 0.2) is 5.65 Å². The standard InChI is InChI=1S/C19H16N6O/c26-19(23-14-9-5-2-6-10-14)16(13-7-3-1-4-8-13)24-17-15-11-22-25-18(15)21-12-20-17/h1-12,16H,(H,23,26)(H2,20,21,22,24,25)/t16-/m1/s1. The number of amides is 1. The minimum absolute atomic E-state index is 0.183. The minimum Gasteiger partial charge on any atom is -0.354 e. The number of para-hydroxylation sites is 1. The summed E-state index contributed by atoms with van der Waals surface area (Å²) in [6.07, 6.45) is 3.06. The lowest BCUT2D eigenvalue weighted by atomic mass is 10.1. The molecule has 128 valence electrons. The van der Waals surface area contributed by atoms with Crippen LogP contribution in [0.15, 0.2) is 73.2 Å². The van der Waals surface area contributed by atoms with Gasteiger partial charge in [0.2, 0.25) is 0 Å². The number of carbonyl (C=O) groups is 1. The van der Waals surface area contributed by atoms with Crippen molar-refractivity contribution in [2.45, 2.75) is 6.04 Å². The summed E-state index contributed by atoms with van der Waals surface area (Å²) in [7, 11) is 0. The second-order valence-electron chi connectivity index (χ2n) is 5.70. The van der Waals surface area contributed by atoms with Crippen molar-refractivity contribution in [2.24, 2.45) is 0 Å². The van der Waals surface area contributed by atoms with Crippen LogP contribution in [-0.4, -0.2) is 26.1 Å². The Morgan fingerprint density at radius 3 is 2.46 bits per heavy atom. The number of hydrogen-bond donors (Lipinski definition) is 3. The summed E-state index contributed by atoms with van der Waals surface area (Å²) in [6, 6.07) is 18.2. The van der Waals surface area contributed by atoms with E-state index in [1.165, 1.54) is 6.33 Å². The van der Waals surface area contributed by atoms with Crippen LogP contribution in [0.25, 0.3) is 11.0 Å². The maximum absolute atomic E-state index is 13.0. The van der Waals surface area contributed by atoms with Crippen LogP contribution in [-0.2, 0) is 4.79 Å². The number of nitrogens with zero attached hydrogens (tertiary/aromatic N) is 3. The molecule has 4 aromatic rings. The number of benzene rings is 2. The summed E-state index contributed by atoms with van der Waals surface area (Å²) in [5, 5.41) is 13.7. The van der Waals surface area contributed by atoms with Gasteiger partial charge in [0.25, 0.3) is 5.91 Å². The second-order valence-corrected chi connectivity index (χ2v) is 5.70. The molecule has 0 spiro atoms. The molecule has 0 aliphatic heterocycles. The zero-order valence-corrected chi connectivity index (χ0v) is 13.8. The zero-order chi connectivity index (χ0) is 17.8. The Morgan fingerprint density at radius 1 is 0.962 bits per heavy atom. The fourth-order valence-electron chi connectivity index (χ4n) is 2.70. The number of aromatic amines is 1. The number of fused-ring (bicyclic) bond motifs is 1. The number of aromatic nitrogens is 4. The molecule has 0 radical (unpaired) electrons. The van der Waals surface area contributed by atoms with Gasteiger partial charge in [-0.25, -0.2) is 9.97 Å². The van der Waals surface area contributed by atoms with Crippen molar-refractivity contribution in [3.8, 4) is 0 Å². The van der Waals surface area contributed by atoms with Crippen molar-refractivity contribution < 1.29 is 4.79 Å². The van der Waals surface area contributed by atoms with Crippen LogP contribution in [0.3, 0.4) is 0 Å². The van der Waals surface area contributed by atoms with Crippen molar-refractivity contribution in [3.05, 3.63) is 78.8 Å². The average Bonchev–Trinajstić information content (AvgIpc) is 3.17. The Bertz CT molecular complexity index is 1020. The molecule has 0 saturated heterocycles. The number of anilines is 2. The third-order valence-corrected chi connectivity index (χ3v) is 3.97. The predicted molar refractivity (Wildman–Crippen MR) is 99.6 cm³/mol. The van der Waals surface area contributed by atoms with Gasteiger partial charge in [-0.05, 0) is 17.7 Å². The molecule has 0 fully saturated rings. The van der Waals surface area contributed by atoms with E-state index in [1.54, 1.807) is 6.20 Å². The van der Waals surface area contributed by atoms with Crippen molar-refractivity contribution in [3.63, 3.8) is 0 Å². The largest absolute Gasteiger partial charge is 0.354 e. The molecule has 1 amide bonds. The summed E-state index contributed by atoms with van der Waals surface area (Å²) in [4.78, 5) is 21.3. The molecule has 7 heteroatoms. The van der Waals surface area contributed by atoms with Gasteiger partial charge in [0.1, 0.15) is 18.2 Å². The van der Waals surface area contributed by atoms with E-state index in [0.29, 0.717) is 11.5 Å². The highest BCUT2D eigenvalue weighted by Gasteiger charge is 2.22. The van der Waals surface area contributed by atoms with Gasteiger partial charge in [-0.3, -0.25) is 9.89 Å². The summed E-state index contributed by atoms with van der Waals surface area (Å²) in [5.74, 6) is 0.360. The van der Waals surface area contributed by atoms with E-state index in [1.807, 2.05) is 60.7 Å². The molecule has 7 nitrogen and oxygen atoms in total. The molecule has 2 aromatic heterocycles. The number of H-pyrrole nitrogens is 1. The molecule has 0 unspecified atom stereocenters. The Labute approximate surface area is 149 Å². The van der Waals surface area contributed by atoms with Gasteiger partial charge in [-0.2, -0.15) is 5.10 Å². The Balaban J connectivity index is 1.67. The quantitative estimate of drug-likeness (QED) is 0.517. The fourth-order valence-corrected chi connectivity index (χ4v) is 2.70. The molecule has 3 N–H and O–H groups in total. The maximum atomic E-state index is 13.0. The topological polar surface area (TPSA) is 95.6 Å². The van der Waals surface area contributed by atoms with Crippen LogP contribution in [0.2, 0.25) is 0 Å². The Hall–Kier alpha value is -3.74. The summed E-state index contributed by atoms with van der Waals surface area (Å²) in [5.41, 5.74) is 2.17. The Morgan fingerprint density at radius 2 is 1.69 bits per heavy atom. The molecular weight excluding hydrogens is 328 g/mol. The maximum Gasteiger partial charge on any atom is 0.251 e. The fraction of sp³-hybridized carbons (Fsp3) is 0.0526. The van der Waals surface area contributed by atoms with Crippen molar-refractivity contribution in [1.29, 1.82) is 0 Å². The van der Waals surface area contributed by atoms with E-state index in [9.17, 15) is 4.79 Å². The van der Waals surface area contributed by atoms with E-state index in [2.05, 4.69) is 30.8 Å². The first-order chi connectivity index (χ1) is 12.8. The number of carbonyl (C=O) groups excluding carboxylic acids is 1.